The van der Waals surface area contributed by atoms with Crippen LogP contribution < -0.4 is 11.2 Å². The monoisotopic (exact) mass is 302 g/mol. The number of nitrogens with zero attached hydrogens (tertiary/aromatic N) is 3. The fourth-order valence-corrected chi connectivity index (χ4v) is 2.67. The number of aromatic nitrogens is 4. The van der Waals surface area contributed by atoms with Crippen LogP contribution in [0.1, 0.15) is 6.23 Å². The lowest BCUT2D eigenvalue weighted by atomic mass is 10.1. The van der Waals surface area contributed by atoms with E-state index >= 15 is 0 Å². The highest BCUT2D eigenvalue weighted by molar-refractivity contribution is 7.00. The van der Waals surface area contributed by atoms with Gasteiger partial charge in [-0.15, -0.1) is 0 Å². The van der Waals surface area contributed by atoms with Gasteiger partial charge in [-0.3, -0.25) is 9.78 Å². The van der Waals surface area contributed by atoms with Gasteiger partial charge in [0.15, 0.2) is 17.4 Å². The second-order valence-corrected chi connectivity index (χ2v) is 4.82. The van der Waals surface area contributed by atoms with Crippen LogP contribution in [0.25, 0.3) is 11.2 Å². The smallest absolute Gasteiger partial charge is 0.332 e. The van der Waals surface area contributed by atoms with Crippen molar-refractivity contribution in [1.29, 1.82) is 0 Å². The molecule has 1 fully saturated rings. The highest BCUT2D eigenvalue weighted by atomic mass is 32.1. The van der Waals surface area contributed by atoms with Crippen molar-refractivity contribution in [3.63, 3.8) is 0 Å². The van der Waals surface area contributed by atoms with Gasteiger partial charge < -0.3 is 20.1 Å². The molecule has 4 N–H and O–H groups in total. The molecule has 1 saturated heterocycles. The number of fused-ring (bicyclic) bond motifs is 1. The molecule has 108 valence electrons. The summed E-state index contributed by atoms with van der Waals surface area (Å²) < 4.78 is 13.7. The number of aromatic amines is 1. The molecule has 11 heteroatoms. The van der Waals surface area contributed by atoms with E-state index in [1.807, 2.05) is 4.98 Å². The second-order valence-electron chi connectivity index (χ2n) is 4.29. The highest BCUT2D eigenvalue weighted by Crippen LogP contribution is 2.29. The molecule has 0 saturated carbocycles. The van der Waals surface area contributed by atoms with E-state index in [-0.39, 0.29) is 11.2 Å². The predicted octanol–water partition coefficient (Wildman–Crippen LogP) is -2.85. The zero-order valence-electron chi connectivity index (χ0n) is 9.83. The van der Waals surface area contributed by atoms with Gasteiger partial charge in [-0.05, 0) is 0 Å². The Kier molecular flexibility index (Phi) is 3.14. The largest absolute Gasteiger partial charge is 0.394 e. The lowest BCUT2D eigenvalue weighted by molar-refractivity contribution is -0.0529. The standard InChI is InChI=1S/C9H10N4O6S/c14-1-2-4(15)5(16)8(19-2)13-6-3(11-20-12-6)7(17)10-9(13)18/h2,4-5,8,14-16H,1H2,(H,10,17,18)/t2-,4?,5?,8-/m1/s1. The van der Waals surface area contributed by atoms with Crippen LogP contribution in [0.4, 0.5) is 0 Å². The number of rotatable bonds is 2. The number of hydrogen-bond donors (Lipinski definition) is 4. The molecule has 1 aliphatic heterocycles. The summed E-state index contributed by atoms with van der Waals surface area (Å²) in [6, 6.07) is 0. The second kappa shape index (κ2) is 4.71. The minimum atomic E-state index is -1.44. The normalized spacial score (nSPS) is 30.1. The third-order valence-corrected chi connectivity index (χ3v) is 3.64. The first-order valence-electron chi connectivity index (χ1n) is 5.64. The van der Waals surface area contributed by atoms with Crippen LogP contribution in [-0.4, -0.2) is 58.5 Å². The van der Waals surface area contributed by atoms with Crippen LogP contribution in [0.5, 0.6) is 0 Å². The maximum atomic E-state index is 11.9. The molecule has 0 aliphatic carbocycles. The molecule has 0 aromatic carbocycles. The van der Waals surface area contributed by atoms with Gasteiger partial charge in [-0.1, -0.05) is 0 Å². The molecular weight excluding hydrogens is 292 g/mol. The van der Waals surface area contributed by atoms with E-state index in [4.69, 9.17) is 9.84 Å². The van der Waals surface area contributed by atoms with Crippen molar-refractivity contribution >= 4 is 22.9 Å². The van der Waals surface area contributed by atoms with Gasteiger partial charge in [-0.25, -0.2) is 9.36 Å². The van der Waals surface area contributed by atoms with Crippen LogP contribution in [0.2, 0.25) is 0 Å². The quantitative estimate of drug-likeness (QED) is 0.463. The summed E-state index contributed by atoms with van der Waals surface area (Å²) in [5.41, 5.74) is -1.64. The Bertz CT molecular complexity index is 753. The number of H-pyrrole nitrogens is 1. The summed E-state index contributed by atoms with van der Waals surface area (Å²) in [6.07, 6.45) is -5.10. The molecular formula is C9H10N4O6S. The van der Waals surface area contributed by atoms with Crippen molar-refractivity contribution in [2.24, 2.45) is 0 Å². The Labute approximate surface area is 114 Å². The molecule has 4 atom stereocenters. The van der Waals surface area contributed by atoms with E-state index in [1.54, 1.807) is 0 Å². The highest BCUT2D eigenvalue weighted by Gasteiger charge is 2.44. The fraction of sp³-hybridized carbons (Fsp3) is 0.556. The predicted molar refractivity (Wildman–Crippen MR) is 65.3 cm³/mol. The van der Waals surface area contributed by atoms with E-state index < -0.39 is 42.4 Å². The van der Waals surface area contributed by atoms with E-state index in [1.165, 1.54) is 0 Å². The van der Waals surface area contributed by atoms with Crippen molar-refractivity contribution in [3.05, 3.63) is 20.8 Å². The van der Waals surface area contributed by atoms with Gasteiger partial charge in [0.25, 0.3) is 5.56 Å². The molecule has 2 unspecified atom stereocenters. The molecule has 0 radical (unpaired) electrons. The third kappa shape index (κ3) is 1.79. The van der Waals surface area contributed by atoms with Crippen LogP contribution in [0.15, 0.2) is 9.59 Å². The summed E-state index contributed by atoms with van der Waals surface area (Å²) in [5, 5.41) is 28.7. The van der Waals surface area contributed by atoms with Gasteiger partial charge in [-0.2, -0.15) is 8.75 Å². The van der Waals surface area contributed by atoms with Gasteiger partial charge in [0.2, 0.25) is 0 Å². The minimum absolute atomic E-state index is 0.0430. The first kappa shape index (κ1) is 13.3. The molecule has 10 nitrogen and oxygen atoms in total. The van der Waals surface area contributed by atoms with Crippen LogP contribution in [0.3, 0.4) is 0 Å². The van der Waals surface area contributed by atoms with Crippen molar-refractivity contribution in [2.45, 2.75) is 24.5 Å². The van der Waals surface area contributed by atoms with Crippen molar-refractivity contribution in [3.8, 4) is 0 Å². The molecule has 0 spiro atoms. The van der Waals surface area contributed by atoms with Crippen molar-refractivity contribution < 1.29 is 20.1 Å². The summed E-state index contributed by atoms with van der Waals surface area (Å²) in [7, 11) is 0. The first-order chi connectivity index (χ1) is 9.54. The van der Waals surface area contributed by atoms with E-state index in [0.29, 0.717) is 0 Å². The summed E-state index contributed by atoms with van der Waals surface area (Å²) in [4.78, 5) is 25.5. The molecule has 0 amide bonds. The van der Waals surface area contributed by atoms with Crippen molar-refractivity contribution in [2.75, 3.05) is 6.61 Å². The molecule has 1 aliphatic rings. The zero-order chi connectivity index (χ0) is 14.4. The van der Waals surface area contributed by atoms with Gasteiger partial charge in [0, 0.05) is 0 Å². The lowest BCUT2D eigenvalue weighted by Crippen LogP contribution is -2.38. The number of aliphatic hydroxyl groups excluding tert-OH is 3. The summed E-state index contributed by atoms with van der Waals surface area (Å²) >= 11 is 0.728. The zero-order valence-corrected chi connectivity index (χ0v) is 10.6. The molecule has 3 rings (SSSR count). The van der Waals surface area contributed by atoms with E-state index in [0.717, 1.165) is 16.3 Å². The maximum Gasteiger partial charge on any atom is 0.332 e. The molecule has 0 bridgehead atoms. The maximum absolute atomic E-state index is 11.9. The number of aliphatic hydroxyl groups is 3. The Morgan fingerprint density at radius 3 is 2.70 bits per heavy atom. The van der Waals surface area contributed by atoms with Gasteiger partial charge >= 0.3 is 5.69 Å². The molecule has 2 aromatic rings. The van der Waals surface area contributed by atoms with Crippen molar-refractivity contribution in [1.82, 2.24) is 18.3 Å². The fourth-order valence-electron chi connectivity index (χ4n) is 2.13. The molecule has 3 heterocycles. The number of hydrogen-bond acceptors (Lipinski definition) is 9. The third-order valence-electron chi connectivity index (χ3n) is 3.13. The Hall–Kier alpha value is -1.66. The average molecular weight is 302 g/mol. The average Bonchev–Trinajstić information content (AvgIpc) is 2.99. The number of nitrogens with one attached hydrogen (secondary N) is 1. The summed E-state index contributed by atoms with van der Waals surface area (Å²) in [6.45, 7) is -0.523. The van der Waals surface area contributed by atoms with Gasteiger partial charge in [0.05, 0.1) is 18.3 Å². The molecule has 2 aromatic heterocycles. The Morgan fingerprint density at radius 1 is 1.30 bits per heavy atom. The first-order valence-corrected chi connectivity index (χ1v) is 6.37. The minimum Gasteiger partial charge on any atom is -0.394 e. The lowest BCUT2D eigenvalue weighted by Gasteiger charge is -2.17. The SMILES string of the molecule is O=c1[nH]c(=O)n([C@@H]2O[C@H](CO)C(O)C2O)c2nsnc12. The number of ether oxygens (including phenoxy) is 1. The van der Waals surface area contributed by atoms with Crippen LogP contribution in [-0.2, 0) is 4.74 Å². The Balaban J connectivity index is 2.18. The topological polar surface area (TPSA) is 151 Å². The van der Waals surface area contributed by atoms with E-state index in [2.05, 4.69) is 8.75 Å². The summed E-state index contributed by atoms with van der Waals surface area (Å²) in [5.74, 6) is 0. The Morgan fingerprint density at radius 2 is 2.05 bits per heavy atom. The van der Waals surface area contributed by atoms with Crippen LogP contribution in [0, 0.1) is 0 Å². The molecule has 20 heavy (non-hydrogen) atoms. The van der Waals surface area contributed by atoms with Crippen LogP contribution >= 0.6 is 11.7 Å². The van der Waals surface area contributed by atoms with E-state index in [9.17, 15) is 19.8 Å². The van der Waals surface area contributed by atoms with Gasteiger partial charge in [0.1, 0.15) is 18.3 Å².